The van der Waals surface area contributed by atoms with Crippen molar-refractivity contribution in [3.05, 3.63) is 105 Å². The topological polar surface area (TPSA) is 92.0 Å². The van der Waals surface area contributed by atoms with Gasteiger partial charge in [0.2, 0.25) is 5.78 Å². The molecule has 2 aliphatic heterocycles. The first-order chi connectivity index (χ1) is 17.0. The summed E-state index contributed by atoms with van der Waals surface area (Å²) in [5.74, 6) is -0.254. The third kappa shape index (κ3) is 3.32. The molecule has 0 N–H and O–H groups in total. The zero-order chi connectivity index (χ0) is 24.1. The van der Waals surface area contributed by atoms with Crippen LogP contribution in [0.1, 0.15) is 39.4 Å². The van der Waals surface area contributed by atoms with Crippen molar-refractivity contribution in [3.63, 3.8) is 0 Å². The van der Waals surface area contributed by atoms with Crippen molar-refractivity contribution in [3.8, 4) is 17.2 Å². The molecule has 0 aliphatic carbocycles. The Morgan fingerprint density at radius 3 is 2.60 bits per heavy atom. The first-order valence-electron chi connectivity index (χ1n) is 11.0. The Morgan fingerprint density at radius 2 is 1.74 bits per heavy atom. The molecule has 0 bridgehead atoms. The van der Waals surface area contributed by atoms with E-state index in [-0.39, 0.29) is 34.9 Å². The van der Waals surface area contributed by atoms with Crippen molar-refractivity contribution in [1.82, 2.24) is 0 Å². The lowest BCUT2D eigenvalue weighted by Gasteiger charge is -2.25. The number of carbonyl (C=O) groups excluding carboxylic acids is 2. The van der Waals surface area contributed by atoms with E-state index in [4.69, 9.17) is 18.6 Å². The van der Waals surface area contributed by atoms with Crippen LogP contribution in [-0.2, 0) is 4.79 Å². The van der Waals surface area contributed by atoms with Gasteiger partial charge in [-0.3, -0.25) is 14.4 Å². The molecule has 4 aromatic rings. The molecule has 0 fully saturated rings. The largest absolute Gasteiger partial charge is 0.496 e. The summed E-state index contributed by atoms with van der Waals surface area (Å²) in [6.07, 6.45) is 2.90. The number of Topliss-reactive ketones (excluding diaryl/α,β-unsaturated/α-hetero) is 1. The number of allylic oxidation sites excluding steroid dienone is 1. The molecule has 3 heterocycles. The van der Waals surface area contributed by atoms with E-state index in [0.29, 0.717) is 39.0 Å². The fraction of sp³-hybridized carbons (Fsp3) is 0.107. The van der Waals surface area contributed by atoms with Crippen LogP contribution in [0.15, 0.2) is 81.9 Å². The van der Waals surface area contributed by atoms with Crippen LogP contribution >= 0.6 is 0 Å². The van der Waals surface area contributed by atoms with Gasteiger partial charge in [0.25, 0.3) is 0 Å². The number of carbonyl (C=O) groups is 2. The van der Waals surface area contributed by atoms with Crippen molar-refractivity contribution < 1.29 is 28.2 Å². The number of rotatable bonds is 3. The Morgan fingerprint density at radius 1 is 0.943 bits per heavy atom. The molecule has 2 aliphatic rings. The second kappa shape index (κ2) is 7.99. The fourth-order valence-electron chi connectivity index (χ4n) is 4.63. The van der Waals surface area contributed by atoms with Gasteiger partial charge in [-0.25, -0.2) is 0 Å². The lowest BCUT2D eigenvalue weighted by Crippen LogP contribution is -2.25. The summed E-state index contributed by atoms with van der Waals surface area (Å²) >= 11 is 0. The van der Waals surface area contributed by atoms with E-state index in [1.807, 2.05) is 18.2 Å². The predicted molar refractivity (Wildman–Crippen MR) is 127 cm³/mol. The van der Waals surface area contributed by atoms with Crippen molar-refractivity contribution >= 4 is 28.8 Å². The average molecular weight is 466 g/mol. The van der Waals surface area contributed by atoms with E-state index < -0.39 is 11.9 Å². The van der Waals surface area contributed by atoms with Gasteiger partial charge in [-0.2, -0.15) is 0 Å². The Labute approximate surface area is 199 Å². The van der Waals surface area contributed by atoms with Crippen molar-refractivity contribution in [2.24, 2.45) is 0 Å². The lowest BCUT2D eigenvalue weighted by molar-refractivity contribution is -0.135. The summed E-state index contributed by atoms with van der Waals surface area (Å²) in [7, 11) is 1.55. The van der Waals surface area contributed by atoms with Crippen molar-refractivity contribution in [1.29, 1.82) is 0 Å². The summed E-state index contributed by atoms with van der Waals surface area (Å²) in [5, 5.41) is 0.409. The monoisotopic (exact) mass is 466 g/mol. The standard InChI is InChI=1S/C28H18O7/c1-32-20-8-4-2-6-15(20)12-23-27(31)17-10-11-22-25(28(17)35-23)18(13-24(29)34-22)19-14-33-21-9-5-3-7-16(21)26(19)30/h2-12,14,18H,13H2,1H3/b23-12-/t18-/m1/s1. The van der Waals surface area contributed by atoms with Crippen molar-refractivity contribution in [2.45, 2.75) is 12.3 Å². The van der Waals surface area contributed by atoms with Crippen LogP contribution in [0.2, 0.25) is 0 Å². The summed E-state index contributed by atoms with van der Waals surface area (Å²) < 4.78 is 22.6. The molecular formula is C28H18O7. The highest BCUT2D eigenvalue weighted by atomic mass is 16.5. The van der Waals surface area contributed by atoms with E-state index in [1.165, 1.54) is 6.26 Å². The minimum Gasteiger partial charge on any atom is -0.496 e. The van der Waals surface area contributed by atoms with E-state index in [2.05, 4.69) is 0 Å². The summed E-state index contributed by atoms with van der Waals surface area (Å²) in [5.41, 5.74) is 1.99. The number of ketones is 1. The number of methoxy groups -OCH3 is 1. The van der Waals surface area contributed by atoms with Gasteiger partial charge >= 0.3 is 5.97 Å². The minimum absolute atomic E-state index is 0.0876. The van der Waals surface area contributed by atoms with Gasteiger partial charge in [0.05, 0.1) is 30.7 Å². The van der Waals surface area contributed by atoms with Gasteiger partial charge in [0, 0.05) is 22.6 Å². The molecule has 35 heavy (non-hydrogen) atoms. The van der Waals surface area contributed by atoms with Gasteiger partial charge < -0.3 is 18.6 Å². The van der Waals surface area contributed by atoms with Gasteiger partial charge in [-0.1, -0.05) is 30.3 Å². The maximum atomic E-state index is 13.3. The van der Waals surface area contributed by atoms with E-state index >= 15 is 0 Å². The van der Waals surface area contributed by atoms with Gasteiger partial charge in [-0.15, -0.1) is 0 Å². The Bertz CT molecular complexity index is 1630. The number of fused-ring (bicyclic) bond motifs is 4. The summed E-state index contributed by atoms with van der Waals surface area (Å²) in [6, 6.07) is 17.3. The molecule has 0 spiro atoms. The van der Waals surface area contributed by atoms with Crippen LogP contribution in [0, 0.1) is 0 Å². The number of ether oxygens (including phenoxy) is 3. The summed E-state index contributed by atoms with van der Waals surface area (Å²) in [6.45, 7) is 0. The molecule has 0 saturated carbocycles. The first kappa shape index (κ1) is 20.9. The minimum atomic E-state index is -0.694. The second-order valence-electron chi connectivity index (χ2n) is 8.28. The highest BCUT2D eigenvalue weighted by Gasteiger charge is 2.39. The third-order valence-electron chi connectivity index (χ3n) is 6.29. The molecule has 1 atom stereocenters. The Hall–Kier alpha value is -4.65. The van der Waals surface area contributed by atoms with Crippen LogP contribution in [0.3, 0.4) is 0 Å². The molecule has 0 unspecified atom stereocenters. The van der Waals surface area contributed by atoms with E-state index in [1.54, 1.807) is 55.7 Å². The third-order valence-corrected chi connectivity index (χ3v) is 6.29. The highest BCUT2D eigenvalue weighted by molar-refractivity contribution is 6.15. The molecule has 6 rings (SSSR count). The lowest BCUT2D eigenvalue weighted by atomic mass is 9.85. The smallest absolute Gasteiger partial charge is 0.312 e. The van der Waals surface area contributed by atoms with Gasteiger partial charge in [0.1, 0.15) is 22.8 Å². The number of esters is 1. The first-order valence-corrected chi connectivity index (χ1v) is 11.0. The molecule has 1 aromatic heterocycles. The molecule has 172 valence electrons. The van der Waals surface area contributed by atoms with Crippen LogP contribution in [-0.4, -0.2) is 18.9 Å². The Kier molecular flexibility index (Phi) is 4.77. The van der Waals surface area contributed by atoms with Gasteiger partial charge in [-0.05, 0) is 36.4 Å². The van der Waals surface area contributed by atoms with Crippen molar-refractivity contribution in [2.75, 3.05) is 7.11 Å². The average Bonchev–Trinajstić information content (AvgIpc) is 3.19. The highest BCUT2D eigenvalue weighted by Crippen LogP contribution is 2.48. The molecule has 3 aromatic carbocycles. The molecule has 0 saturated heterocycles. The number of hydrogen-bond donors (Lipinski definition) is 0. The Balaban J connectivity index is 1.51. The van der Waals surface area contributed by atoms with Crippen LogP contribution in [0.4, 0.5) is 0 Å². The SMILES string of the molecule is COc1ccccc1/C=C1\Oc2c(ccc3c2[C@@H](c2coc4ccccc4c2=O)CC(=O)O3)C1=O. The van der Waals surface area contributed by atoms with Crippen LogP contribution in [0.5, 0.6) is 17.2 Å². The number of hydrogen-bond acceptors (Lipinski definition) is 7. The normalized spacial score (nSPS) is 17.6. The molecule has 7 nitrogen and oxygen atoms in total. The zero-order valence-corrected chi connectivity index (χ0v) is 18.6. The molecule has 0 amide bonds. The fourth-order valence-corrected chi connectivity index (χ4v) is 4.63. The molecule has 7 heteroatoms. The zero-order valence-electron chi connectivity index (χ0n) is 18.6. The number of benzene rings is 3. The second-order valence-corrected chi connectivity index (χ2v) is 8.28. The quantitative estimate of drug-likeness (QED) is 0.242. The van der Waals surface area contributed by atoms with Gasteiger partial charge in [0.15, 0.2) is 11.2 Å². The number of para-hydroxylation sites is 2. The maximum Gasteiger partial charge on any atom is 0.312 e. The van der Waals surface area contributed by atoms with Crippen LogP contribution in [0.25, 0.3) is 17.0 Å². The van der Waals surface area contributed by atoms with Crippen LogP contribution < -0.4 is 19.6 Å². The molecule has 0 radical (unpaired) electrons. The maximum absolute atomic E-state index is 13.3. The molecular weight excluding hydrogens is 448 g/mol. The predicted octanol–water partition coefficient (Wildman–Crippen LogP) is 4.86. The summed E-state index contributed by atoms with van der Waals surface area (Å²) in [4.78, 5) is 39.0. The van der Waals surface area contributed by atoms with E-state index in [9.17, 15) is 14.4 Å². The van der Waals surface area contributed by atoms with E-state index in [0.717, 1.165) is 0 Å².